The molecule has 1 saturated carbocycles. The zero-order valence-electron chi connectivity index (χ0n) is 9.08. The van der Waals surface area contributed by atoms with Crippen molar-refractivity contribution in [1.82, 2.24) is 9.61 Å². The Morgan fingerprint density at radius 1 is 1.47 bits per heavy atom. The normalized spacial score (nSPS) is 27.9. The Bertz CT molecular complexity index is 584. The second-order valence-electron chi connectivity index (χ2n) is 4.54. The molecule has 1 aliphatic carbocycles. The maximum absolute atomic E-state index is 11.4. The van der Waals surface area contributed by atoms with Gasteiger partial charge in [-0.3, -0.25) is 4.79 Å². The molecule has 0 aromatic carbocycles. The van der Waals surface area contributed by atoms with Crippen molar-refractivity contribution < 1.29 is 15.0 Å². The number of aliphatic hydroxyl groups is 1. The molecule has 5 heteroatoms. The molecule has 0 spiro atoms. The Morgan fingerprint density at radius 3 is 2.88 bits per heavy atom. The molecule has 0 bridgehead atoms. The van der Waals surface area contributed by atoms with Gasteiger partial charge in [-0.25, -0.2) is 4.52 Å². The van der Waals surface area contributed by atoms with E-state index in [1.807, 2.05) is 18.2 Å². The molecule has 2 aromatic heterocycles. The minimum atomic E-state index is -0.970. The van der Waals surface area contributed by atoms with Crippen LogP contribution in [0.5, 0.6) is 0 Å². The molecule has 0 radical (unpaired) electrons. The summed E-state index contributed by atoms with van der Waals surface area (Å²) in [4.78, 5) is 11.4. The fraction of sp³-hybridized carbons (Fsp3) is 0.333. The molecule has 2 heterocycles. The highest BCUT2D eigenvalue weighted by Gasteiger charge is 2.52. The molecule has 2 N–H and O–H groups in total. The Kier molecular flexibility index (Phi) is 2.00. The van der Waals surface area contributed by atoms with Crippen LogP contribution in [-0.4, -0.2) is 31.9 Å². The number of fused-ring (bicyclic) bond motifs is 1. The predicted molar refractivity (Wildman–Crippen MR) is 59.7 cm³/mol. The number of nitrogens with zero attached hydrogens (tertiary/aromatic N) is 2. The van der Waals surface area contributed by atoms with Gasteiger partial charge in [-0.15, -0.1) is 0 Å². The van der Waals surface area contributed by atoms with Crippen molar-refractivity contribution >= 4 is 11.5 Å². The molecule has 0 unspecified atom stereocenters. The number of hydrogen-bond acceptors (Lipinski definition) is 3. The largest absolute Gasteiger partial charge is 0.481 e. The molecule has 1 aliphatic rings. The lowest BCUT2D eigenvalue weighted by molar-refractivity contribution is -0.152. The van der Waals surface area contributed by atoms with E-state index in [4.69, 9.17) is 0 Å². The number of rotatable bonds is 2. The maximum atomic E-state index is 11.4. The van der Waals surface area contributed by atoms with E-state index < -0.39 is 17.5 Å². The first-order valence-electron chi connectivity index (χ1n) is 5.48. The van der Waals surface area contributed by atoms with E-state index in [1.54, 1.807) is 16.9 Å². The highest BCUT2D eigenvalue weighted by Crippen LogP contribution is 2.45. The van der Waals surface area contributed by atoms with Gasteiger partial charge in [-0.1, -0.05) is 6.07 Å². The van der Waals surface area contributed by atoms with Gasteiger partial charge in [0.1, 0.15) is 5.41 Å². The topological polar surface area (TPSA) is 74.8 Å². The Morgan fingerprint density at radius 2 is 2.24 bits per heavy atom. The molecule has 5 nitrogen and oxygen atoms in total. The lowest BCUT2D eigenvalue weighted by Crippen LogP contribution is -2.50. The number of aliphatic hydroxyl groups excluding tert-OH is 1. The fourth-order valence-electron chi connectivity index (χ4n) is 2.56. The van der Waals surface area contributed by atoms with E-state index in [9.17, 15) is 15.0 Å². The number of aliphatic carboxylic acids is 1. The minimum absolute atomic E-state index is 0.262. The van der Waals surface area contributed by atoms with E-state index in [1.165, 1.54) is 0 Å². The van der Waals surface area contributed by atoms with Gasteiger partial charge in [-0.05, 0) is 25.0 Å². The van der Waals surface area contributed by atoms with Gasteiger partial charge < -0.3 is 10.2 Å². The first-order chi connectivity index (χ1) is 8.13. The van der Waals surface area contributed by atoms with Crippen molar-refractivity contribution in [3.8, 4) is 0 Å². The van der Waals surface area contributed by atoms with Gasteiger partial charge in [0.15, 0.2) is 0 Å². The summed E-state index contributed by atoms with van der Waals surface area (Å²) in [6, 6.07) is 5.54. The van der Waals surface area contributed by atoms with Gasteiger partial charge in [0, 0.05) is 11.8 Å². The summed E-state index contributed by atoms with van der Waals surface area (Å²) in [5.74, 6) is -0.887. The van der Waals surface area contributed by atoms with Crippen molar-refractivity contribution in [2.45, 2.75) is 24.4 Å². The number of carboxylic acids is 1. The summed E-state index contributed by atoms with van der Waals surface area (Å²) in [6.45, 7) is 0. The summed E-state index contributed by atoms with van der Waals surface area (Å²) in [5, 5.41) is 22.9. The predicted octanol–water partition coefficient (Wildman–Crippen LogP) is 0.811. The average molecular weight is 232 g/mol. The highest BCUT2D eigenvalue weighted by molar-refractivity contribution is 5.86. The molecular formula is C12H12N2O3. The van der Waals surface area contributed by atoms with Crippen LogP contribution in [0.25, 0.3) is 5.52 Å². The maximum Gasteiger partial charge on any atom is 0.314 e. The van der Waals surface area contributed by atoms with Crippen LogP contribution in [0, 0.1) is 0 Å². The van der Waals surface area contributed by atoms with Gasteiger partial charge in [0.2, 0.25) is 0 Å². The van der Waals surface area contributed by atoms with Crippen LogP contribution in [0.15, 0.2) is 30.6 Å². The van der Waals surface area contributed by atoms with Crippen molar-refractivity contribution in [3.05, 3.63) is 36.2 Å². The van der Waals surface area contributed by atoms with Gasteiger partial charge in [0.05, 0.1) is 17.8 Å². The Balaban J connectivity index is 2.17. The van der Waals surface area contributed by atoms with E-state index in [0.29, 0.717) is 5.56 Å². The smallest absolute Gasteiger partial charge is 0.314 e. The van der Waals surface area contributed by atoms with Gasteiger partial charge in [-0.2, -0.15) is 5.10 Å². The molecule has 1 fully saturated rings. The molecule has 0 atom stereocenters. The second-order valence-corrected chi connectivity index (χ2v) is 4.54. The minimum Gasteiger partial charge on any atom is -0.481 e. The summed E-state index contributed by atoms with van der Waals surface area (Å²) in [6.07, 6.45) is 3.38. The van der Waals surface area contributed by atoms with Crippen LogP contribution in [0.1, 0.15) is 18.4 Å². The second kappa shape index (κ2) is 3.30. The van der Waals surface area contributed by atoms with Crippen LogP contribution in [0.2, 0.25) is 0 Å². The number of pyridine rings is 1. The number of carbonyl (C=O) groups is 1. The molecule has 2 aromatic rings. The molecule has 0 amide bonds. The van der Waals surface area contributed by atoms with Crippen molar-refractivity contribution in [2.24, 2.45) is 0 Å². The third-order valence-electron chi connectivity index (χ3n) is 3.52. The Labute approximate surface area is 97.3 Å². The molecule has 0 saturated heterocycles. The molecule has 0 aliphatic heterocycles. The molecule has 3 rings (SSSR count). The van der Waals surface area contributed by atoms with E-state index in [2.05, 4.69) is 5.10 Å². The van der Waals surface area contributed by atoms with E-state index >= 15 is 0 Å². The van der Waals surface area contributed by atoms with Crippen LogP contribution in [-0.2, 0) is 10.2 Å². The zero-order valence-corrected chi connectivity index (χ0v) is 9.08. The summed E-state index contributed by atoms with van der Waals surface area (Å²) in [5.41, 5.74) is 0.514. The van der Waals surface area contributed by atoms with Crippen molar-refractivity contribution in [1.29, 1.82) is 0 Å². The number of hydrogen-bond donors (Lipinski definition) is 2. The first-order valence-corrected chi connectivity index (χ1v) is 5.48. The quantitative estimate of drug-likeness (QED) is 0.803. The van der Waals surface area contributed by atoms with Crippen LogP contribution in [0.3, 0.4) is 0 Å². The monoisotopic (exact) mass is 232 g/mol. The van der Waals surface area contributed by atoms with Gasteiger partial charge >= 0.3 is 5.97 Å². The van der Waals surface area contributed by atoms with E-state index in [0.717, 1.165) is 5.52 Å². The SMILES string of the molecule is O=C(O)C1(c2cnn3ccccc23)CC(O)C1. The zero-order chi connectivity index (χ0) is 12.0. The first kappa shape index (κ1) is 10.3. The molecule has 88 valence electrons. The third kappa shape index (κ3) is 1.29. The van der Waals surface area contributed by atoms with E-state index in [-0.39, 0.29) is 12.8 Å². The van der Waals surface area contributed by atoms with Crippen LogP contribution < -0.4 is 0 Å². The van der Waals surface area contributed by atoms with Gasteiger partial charge in [0.25, 0.3) is 0 Å². The molecular weight excluding hydrogens is 220 g/mol. The average Bonchev–Trinajstić information content (AvgIpc) is 2.68. The highest BCUT2D eigenvalue weighted by atomic mass is 16.4. The van der Waals surface area contributed by atoms with Crippen LogP contribution >= 0.6 is 0 Å². The molecule has 17 heavy (non-hydrogen) atoms. The summed E-state index contributed by atoms with van der Waals surface area (Å²) < 4.78 is 1.66. The van der Waals surface area contributed by atoms with Crippen LogP contribution in [0.4, 0.5) is 0 Å². The summed E-state index contributed by atoms with van der Waals surface area (Å²) in [7, 11) is 0. The lowest BCUT2D eigenvalue weighted by atomic mass is 9.63. The van der Waals surface area contributed by atoms with Crippen molar-refractivity contribution in [2.75, 3.05) is 0 Å². The standard InChI is InChI=1S/C12H12N2O3/c15-8-5-12(6-8,11(16)17)9-7-13-14-4-2-1-3-10(9)14/h1-4,7-8,15H,5-6H2,(H,16,17). The number of aromatic nitrogens is 2. The lowest BCUT2D eigenvalue weighted by Gasteiger charge is -2.41. The third-order valence-corrected chi connectivity index (χ3v) is 3.52. The Hall–Kier alpha value is -1.88. The van der Waals surface area contributed by atoms with Crippen molar-refractivity contribution in [3.63, 3.8) is 0 Å². The number of carboxylic acid groups (broad SMARTS) is 1. The summed E-state index contributed by atoms with van der Waals surface area (Å²) >= 11 is 0. The fourth-order valence-corrected chi connectivity index (χ4v) is 2.56.